The first-order valence-corrected chi connectivity index (χ1v) is 18.6. The summed E-state index contributed by atoms with van der Waals surface area (Å²) < 4.78 is 0. The highest BCUT2D eigenvalue weighted by Gasteiger charge is 2.39. The zero-order chi connectivity index (χ0) is 35.4. The molecule has 0 saturated heterocycles. The second-order valence-electron chi connectivity index (χ2n) is 14.2. The van der Waals surface area contributed by atoms with Gasteiger partial charge in [-0.1, -0.05) is 114 Å². The fourth-order valence-corrected chi connectivity index (χ4v) is 8.63. The quantitative estimate of drug-likeness (QED) is 0.0529. The van der Waals surface area contributed by atoms with E-state index in [1.54, 1.807) is 23.1 Å². The lowest BCUT2D eigenvalue weighted by Gasteiger charge is -2.35. The van der Waals surface area contributed by atoms with Gasteiger partial charge < -0.3 is 0 Å². The Morgan fingerprint density at radius 2 is 0.922 bits per heavy atom. The van der Waals surface area contributed by atoms with Crippen LogP contribution in [0.5, 0.6) is 0 Å². The van der Waals surface area contributed by atoms with E-state index in [0.29, 0.717) is 38.7 Å². The van der Waals surface area contributed by atoms with Crippen LogP contribution >= 0.6 is 0 Å². The van der Waals surface area contributed by atoms with Crippen LogP contribution in [-0.4, -0.2) is 34.6 Å². The number of carbonyl (C=O) groups excluding carboxylic acids is 4. The minimum atomic E-state index is -0.367. The Labute approximate surface area is 298 Å². The maximum Gasteiger partial charge on any atom is 0.265 e. The van der Waals surface area contributed by atoms with Crippen molar-refractivity contribution in [2.24, 2.45) is 0 Å². The highest BCUT2D eigenvalue weighted by Crippen LogP contribution is 2.47. The molecule has 0 atom stereocenters. The topological polar surface area (TPSA) is 74.8 Å². The monoisotopic (exact) mass is 674 g/mol. The minimum Gasteiger partial charge on any atom is -0.271 e. The van der Waals surface area contributed by atoms with Crippen LogP contribution in [0.4, 0.5) is 5.69 Å². The van der Waals surface area contributed by atoms with Gasteiger partial charge in [-0.2, -0.15) is 0 Å². The molecule has 2 heterocycles. The lowest BCUT2D eigenvalue weighted by Crippen LogP contribution is -2.47. The van der Waals surface area contributed by atoms with Gasteiger partial charge in [0.05, 0.1) is 5.69 Å². The number of nitrogens with zero attached hydrogens (tertiary/aromatic N) is 2. The summed E-state index contributed by atoms with van der Waals surface area (Å²) in [5.74, 6) is -1.15. The number of anilines is 1. The van der Waals surface area contributed by atoms with E-state index < -0.39 is 0 Å². The van der Waals surface area contributed by atoms with Crippen molar-refractivity contribution in [2.45, 2.75) is 84.1 Å². The number of rotatable bonds is 13. The first kappa shape index (κ1) is 32.8. The van der Waals surface area contributed by atoms with E-state index in [4.69, 9.17) is 0 Å². The molecule has 0 N–H and O–H groups in total. The number of amides is 4. The molecule has 2 aliphatic heterocycles. The summed E-state index contributed by atoms with van der Waals surface area (Å²) in [6.45, 7) is 8.19. The first-order valence-electron chi connectivity index (χ1n) is 18.6. The van der Waals surface area contributed by atoms with Gasteiger partial charge in [0.1, 0.15) is 0 Å². The van der Waals surface area contributed by atoms with Gasteiger partial charge in [0.15, 0.2) is 0 Å². The summed E-state index contributed by atoms with van der Waals surface area (Å²) in [5, 5.41) is 6.64. The second-order valence-corrected chi connectivity index (χ2v) is 14.2. The summed E-state index contributed by atoms with van der Waals surface area (Å²) in [6.07, 6.45) is 12.2. The molecule has 256 valence electrons. The van der Waals surface area contributed by atoms with Crippen molar-refractivity contribution in [1.29, 1.82) is 0 Å². The Morgan fingerprint density at radius 3 is 1.31 bits per heavy atom. The number of imide groups is 2. The molecule has 0 bridgehead atoms. The van der Waals surface area contributed by atoms with E-state index in [1.165, 1.54) is 4.90 Å². The van der Waals surface area contributed by atoms with Gasteiger partial charge in [-0.15, -0.1) is 0 Å². The van der Waals surface area contributed by atoms with Gasteiger partial charge in [-0.25, -0.2) is 4.90 Å². The molecule has 0 aromatic heterocycles. The molecule has 0 saturated carbocycles. The molecule has 8 rings (SSSR count). The van der Waals surface area contributed by atoms with Gasteiger partial charge >= 0.3 is 0 Å². The van der Waals surface area contributed by atoms with Crippen LogP contribution in [0.1, 0.15) is 125 Å². The van der Waals surface area contributed by atoms with Gasteiger partial charge in [0.25, 0.3) is 23.6 Å². The zero-order valence-electron chi connectivity index (χ0n) is 29.4. The minimum absolute atomic E-state index is 0.124. The summed E-state index contributed by atoms with van der Waals surface area (Å²) in [5.41, 5.74) is 3.47. The van der Waals surface area contributed by atoms with Crippen LogP contribution in [0.25, 0.3) is 49.2 Å². The van der Waals surface area contributed by atoms with Crippen LogP contribution in [0.15, 0.2) is 79.4 Å². The van der Waals surface area contributed by atoms with Crippen LogP contribution in [0.3, 0.4) is 0 Å². The average Bonchev–Trinajstić information content (AvgIpc) is 3.15. The molecule has 6 aromatic carbocycles. The fraction of sp³-hybridized carbons (Fsp3) is 0.289. The van der Waals surface area contributed by atoms with Gasteiger partial charge in [0.2, 0.25) is 0 Å². The van der Waals surface area contributed by atoms with Crippen LogP contribution < -0.4 is 4.90 Å². The van der Waals surface area contributed by atoms with Crippen molar-refractivity contribution in [3.8, 4) is 0 Å². The van der Waals surface area contributed by atoms with Crippen LogP contribution in [-0.2, 0) is 0 Å². The lowest BCUT2D eigenvalue weighted by atomic mass is 9.82. The Hall–Kier alpha value is -5.36. The van der Waals surface area contributed by atoms with E-state index in [9.17, 15) is 19.2 Å². The maximum absolute atomic E-state index is 14.4. The van der Waals surface area contributed by atoms with E-state index in [1.807, 2.05) is 60.7 Å². The van der Waals surface area contributed by atoms with E-state index in [2.05, 4.69) is 20.4 Å². The van der Waals surface area contributed by atoms with Gasteiger partial charge in [-0.3, -0.25) is 24.1 Å². The van der Waals surface area contributed by atoms with Crippen molar-refractivity contribution >= 4 is 78.5 Å². The molecule has 0 aliphatic carbocycles. The summed E-state index contributed by atoms with van der Waals surface area (Å²) in [7, 11) is 0. The van der Waals surface area contributed by atoms with Gasteiger partial charge in [0, 0.05) is 39.1 Å². The van der Waals surface area contributed by atoms with E-state index >= 15 is 0 Å². The Kier molecular flexibility index (Phi) is 8.41. The van der Waals surface area contributed by atoms with Crippen molar-refractivity contribution in [3.05, 3.63) is 107 Å². The summed E-state index contributed by atoms with van der Waals surface area (Å²) in [4.78, 5) is 59.7. The number of fused-ring (bicyclic) bond motifs is 2. The molecular formula is C45H42N2O4. The highest BCUT2D eigenvalue weighted by atomic mass is 16.2. The van der Waals surface area contributed by atoms with Crippen molar-refractivity contribution in [1.82, 2.24) is 4.90 Å². The molecule has 51 heavy (non-hydrogen) atoms. The molecule has 0 radical (unpaired) electrons. The SMILES string of the molecule is C=Cc1ccc(N2C(=O)c3ccc4c5ccc6c7c(ccc(c8ccc(c3c48)C2=O)c75)C(=O)N(C(CCCCCC)CCCCCC)C6=O)cc1. The number of hydrogen-bond acceptors (Lipinski definition) is 4. The number of benzene rings is 6. The van der Waals surface area contributed by atoms with Crippen LogP contribution in [0.2, 0.25) is 0 Å². The average molecular weight is 675 g/mol. The largest absolute Gasteiger partial charge is 0.271 e. The van der Waals surface area contributed by atoms with Crippen molar-refractivity contribution < 1.29 is 19.2 Å². The van der Waals surface area contributed by atoms with E-state index in [-0.39, 0.29) is 29.7 Å². The Balaban J connectivity index is 1.25. The molecule has 2 aliphatic rings. The van der Waals surface area contributed by atoms with E-state index in [0.717, 1.165) is 102 Å². The Bertz CT molecular complexity index is 2270. The highest BCUT2D eigenvalue weighted by molar-refractivity contribution is 6.43. The predicted molar refractivity (Wildman–Crippen MR) is 207 cm³/mol. The summed E-state index contributed by atoms with van der Waals surface area (Å²) >= 11 is 0. The number of hydrogen-bond donors (Lipinski definition) is 0. The lowest BCUT2D eigenvalue weighted by molar-refractivity contribution is 0.0516. The molecule has 4 amide bonds. The Morgan fingerprint density at radius 1 is 0.510 bits per heavy atom. The van der Waals surface area contributed by atoms with Crippen molar-refractivity contribution in [2.75, 3.05) is 4.90 Å². The molecule has 0 fully saturated rings. The number of carbonyl (C=O) groups is 4. The normalized spacial score (nSPS) is 14.4. The molecule has 0 spiro atoms. The zero-order valence-corrected chi connectivity index (χ0v) is 29.4. The fourth-order valence-electron chi connectivity index (χ4n) is 8.63. The smallest absolute Gasteiger partial charge is 0.265 e. The third-order valence-electron chi connectivity index (χ3n) is 11.2. The van der Waals surface area contributed by atoms with Crippen molar-refractivity contribution in [3.63, 3.8) is 0 Å². The second kappa shape index (κ2) is 13.1. The number of unbranched alkanes of at least 4 members (excludes halogenated alkanes) is 6. The molecule has 6 nitrogen and oxygen atoms in total. The van der Waals surface area contributed by atoms with Crippen LogP contribution in [0, 0.1) is 0 Å². The summed E-state index contributed by atoms with van der Waals surface area (Å²) in [6, 6.07) is 22.3. The first-order chi connectivity index (χ1) is 24.9. The maximum atomic E-state index is 14.4. The standard InChI is InChI=1S/C45H42N2O4/c1-4-7-9-11-13-28(14-12-10-8-5-2)46-42(48)34-23-19-30-32-21-25-36-41-37(45(51)47(44(36)50)29-17-15-27(6-3)16-18-29)26-22-33(39(32)41)31-20-24-35(43(46)49)40(34)38(30)31/h6,15-26,28H,3-5,7-14H2,1-2H3. The molecule has 6 aromatic rings. The molecule has 0 unspecified atom stereocenters. The molecular weight excluding hydrogens is 633 g/mol. The third kappa shape index (κ3) is 5.06. The van der Waals surface area contributed by atoms with Gasteiger partial charge in [-0.05, 0) is 87.1 Å². The third-order valence-corrected chi connectivity index (χ3v) is 11.2. The molecule has 6 heteroatoms. The predicted octanol–water partition coefficient (Wildman–Crippen LogP) is 11.1.